The number of halogens is 1. The summed E-state index contributed by atoms with van der Waals surface area (Å²) in [7, 11) is 0. The lowest BCUT2D eigenvalue weighted by molar-refractivity contribution is -0.139. The van der Waals surface area contributed by atoms with Crippen molar-refractivity contribution in [3.8, 4) is 10.6 Å². The zero-order chi connectivity index (χ0) is 19.4. The van der Waals surface area contributed by atoms with Crippen LogP contribution < -0.4 is 5.32 Å². The van der Waals surface area contributed by atoms with Crippen LogP contribution in [0.5, 0.6) is 0 Å². The number of aliphatic carboxylic acids is 1. The minimum Gasteiger partial charge on any atom is -0.480 e. The lowest BCUT2D eigenvalue weighted by Gasteiger charge is -2.14. The van der Waals surface area contributed by atoms with E-state index in [0.29, 0.717) is 21.1 Å². The highest BCUT2D eigenvalue weighted by molar-refractivity contribution is 7.17. The number of aryl methyl sites for hydroxylation is 1. The summed E-state index contributed by atoms with van der Waals surface area (Å²) in [5, 5.41) is 12.6. The Morgan fingerprint density at radius 2 is 1.81 bits per heavy atom. The molecule has 7 heteroatoms. The van der Waals surface area contributed by atoms with Crippen LogP contribution in [-0.2, 0) is 11.2 Å². The predicted octanol–water partition coefficient (Wildman–Crippen LogP) is 3.68. The van der Waals surface area contributed by atoms with Crippen molar-refractivity contribution in [2.24, 2.45) is 0 Å². The maximum atomic E-state index is 13.1. The number of carboxylic acid groups (broad SMARTS) is 1. The average Bonchev–Trinajstić information content (AvgIpc) is 3.04. The molecule has 2 aromatic carbocycles. The number of aromatic nitrogens is 1. The molecule has 0 fully saturated rings. The van der Waals surface area contributed by atoms with Crippen molar-refractivity contribution in [2.75, 3.05) is 0 Å². The summed E-state index contributed by atoms with van der Waals surface area (Å²) in [6.45, 7) is 1.69. The Kier molecular flexibility index (Phi) is 5.61. The van der Waals surface area contributed by atoms with E-state index < -0.39 is 17.9 Å². The molecule has 0 aliphatic heterocycles. The third-order valence-corrected chi connectivity index (χ3v) is 5.19. The first-order valence-corrected chi connectivity index (χ1v) is 9.06. The van der Waals surface area contributed by atoms with Gasteiger partial charge in [-0.25, -0.2) is 14.2 Å². The molecule has 1 heterocycles. The number of thiazole rings is 1. The second-order valence-corrected chi connectivity index (χ2v) is 6.99. The summed E-state index contributed by atoms with van der Waals surface area (Å²) in [6, 6.07) is 13.9. The Labute approximate surface area is 159 Å². The summed E-state index contributed by atoms with van der Waals surface area (Å²) in [5.74, 6) is -1.94. The van der Waals surface area contributed by atoms with Crippen LogP contribution in [0.25, 0.3) is 10.6 Å². The van der Waals surface area contributed by atoms with Crippen LogP contribution in [0.4, 0.5) is 4.39 Å². The number of hydrogen-bond donors (Lipinski definition) is 2. The number of hydrogen-bond acceptors (Lipinski definition) is 4. The minimum atomic E-state index is -1.10. The van der Waals surface area contributed by atoms with Gasteiger partial charge in [0.1, 0.15) is 21.7 Å². The molecule has 0 radical (unpaired) electrons. The number of carbonyl (C=O) groups excluding carboxylic acids is 1. The van der Waals surface area contributed by atoms with Gasteiger partial charge < -0.3 is 10.4 Å². The van der Waals surface area contributed by atoms with Gasteiger partial charge in [-0.2, -0.15) is 0 Å². The lowest BCUT2D eigenvalue weighted by Crippen LogP contribution is -2.42. The van der Waals surface area contributed by atoms with Gasteiger partial charge in [0.2, 0.25) is 0 Å². The van der Waals surface area contributed by atoms with Gasteiger partial charge in [0.05, 0.1) is 5.69 Å². The summed E-state index contributed by atoms with van der Waals surface area (Å²) in [6.07, 6.45) is 0.185. The highest BCUT2D eigenvalue weighted by atomic mass is 32.1. The molecule has 2 N–H and O–H groups in total. The monoisotopic (exact) mass is 384 g/mol. The second-order valence-electron chi connectivity index (χ2n) is 5.99. The molecule has 0 saturated carbocycles. The molecule has 3 rings (SSSR count). The maximum Gasteiger partial charge on any atom is 0.326 e. The van der Waals surface area contributed by atoms with E-state index in [-0.39, 0.29) is 12.2 Å². The quantitative estimate of drug-likeness (QED) is 0.679. The molecular formula is C20H17FN2O3S. The molecule has 0 aliphatic rings. The van der Waals surface area contributed by atoms with Crippen molar-refractivity contribution >= 4 is 23.2 Å². The van der Waals surface area contributed by atoms with Gasteiger partial charge >= 0.3 is 5.97 Å². The van der Waals surface area contributed by atoms with Gasteiger partial charge in [-0.05, 0) is 36.8 Å². The molecule has 0 spiro atoms. The molecule has 5 nitrogen and oxygen atoms in total. The number of amides is 1. The van der Waals surface area contributed by atoms with E-state index in [1.165, 1.54) is 12.1 Å². The summed E-state index contributed by atoms with van der Waals surface area (Å²) in [4.78, 5) is 28.9. The predicted molar refractivity (Wildman–Crippen MR) is 101 cm³/mol. The highest BCUT2D eigenvalue weighted by Crippen LogP contribution is 2.28. The van der Waals surface area contributed by atoms with Crippen molar-refractivity contribution in [1.29, 1.82) is 0 Å². The van der Waals surface area contributed by atoms with Gasteiger partial charge in [0.25, 0.3) is 5.91 Å². The first kappa shape index (κ1) is 18.7. The number of carbonyl (C=O) groups is 2. The van der Waals surface area contributed by atoms with E-state index in [9.17, 15) is 19.1 Å². The molecule has 0 unspecified atom stereocenters. The van der Waals surface area contributed by atoms with Crippen molar-refractivity contribution in [3.63, 3.8) is 0 Å². The van der Waals surface area contributed by atoms with Crippen molar-refractivity contribution in [1.82, 2.24) is 10.3 Å². The number of nitrogens with one attached hydrogen (secondary N) is 1. The van der Waals surface area contributed by atoms with Crippen LogP contribution in [0.1, 0.15) is 20.9 Å². The van der Waals surface area contributed by atoms with Crippen LogP contribution in [0.3, 0.4) is 0 Å². The van der Waals surface area contributed by atoms with Gasteiger partial charge in [-0.1, -0.05) is 30.3 Å². The molecule has 27 heavy (non-hydrogen) atoms. The van der Waals surface area contributed by atoms with Crippen LogP contribution in [0, 0.1) is 12.7 Å². The molecule has 138 valence electrons. The van der Waals surface area contributed by atoms with Crippen LogP contribution in [-0.4, -0.2) is 28.0 Å². The third kappa shape index (κ3) is 4.57. The lowest BCUT2D eigenvalue weighted by atomic mass is 10.1. The molecule has 0 saturated heterocycles. The van der Waals surface area contributed by atoms with E-state index in [0.717, 1.165) is 16.9 Å². The molecule has 1 aromatic heterocycles. The van der Waals surface area contributed by atoms with Gasteiger partial charge in [0.15, 0.2) is 0 Å². The SMILES string of the molecule is Cc1nc(-c2ccc(F)cc2)sc1C(=O)N[C@@H](Cc1ccccc1)C(=O)O. The van der Waals surface area contributed by atoms with Crippen molar-refractivity contribution < 1.29 is 19.1 Å². The average molecular weight is 384 g/mol. The highest BCUT2D eigenvalue weighted by Gasteiger charge is 2.24. The van der Waals surface area contributed by atoms with E-state index >= 15 is 0 Å². The number of rotatable bonds is 6. The fourth-order valence-corrected chi connectivity index (χ4v) is 3.57. The molecule has 1 amide bonds. The van der Waals surface area contributed by atoms with E-state index in [2.05, 4.69) is 10.3 Å². The smallest absolute Gasteiger partial charge is 0.326 e. The zero-order valence-electron chi connectivity index (χ0n) is 14.5. The Hall–Kier alpha value is -3.06. The van der Waals surface area contributed by atoms with Gasteiger partial charge in [-0.15, -0.1) is 11.3 Å². The molecule has 3 aromatic rings. The van der Waals surface area contributed by atoms with Crippen LogP contribution in [0.15, 0.2) is 54.6 Å². The van der Waals surface area contributed by atoms with Gasteiger partial charge in [0, 0.05) is 12.0 Å². The Morgan fingerprint density at radius 1 is 1.15 bits per heavy atom. The molecular weight excluding hydrogens is 367 g/mol. The summed E-state index contributed by atoms with van der Waals surface area (Å²) < 4.78 is 13.1. The Balaban J connectivity index is 1.78. The van der Waals surface area contributed by atoms with Gasteiger partial charge in [-0.3, -0.25) is 4.79 Å². The topological polar surface area (TPSA) is 79.3 Å². The molecule has 1 atom stereocenters. The Morgan fingerprint density at radius 3 is 2.44 bits per heavy atom. The molecule has 0 bridgehead atoms. The fraction of sp³-hybridized carbons (Fsp3) is 0.150. The maximum absolute atomic E-state index is 13.1. The van der Waals surface area contributed by atoms with Crippen molar-refractivity contribution in [2.45, 2.75) is 19.4 Å². The number of benzene rings is 2. The third-order valence-electron chi connectivity index (χ3n) is 3.98. The standard InChI is InChI=1S/C20H17FN2O3S/c1-12-17(27-19(22-12)14-7-9-15(21)10-8-14)18(24)23-16(20(25)26)11-13-5-3-2-4-6-13/h2-10,16H,11H2,1H3,(H,23,24)(H,25,26)/t16-/m0/s1. The largest absolute Gasteiger partial charge is 0.480 e. The summed E-state index contributed by atoms with van der Waals surface area (Å²) in [5.41, 5.74) is 2.02. The Bertz CT molecular complexity index is 955. The first-order valence-electron chi connectivity index (χ1n) is 8.25. The fourth-order valence-electron chi connectivity index (χ4n) is 2.60. The first-order chi connectivity index (χ1) is 12.9. The van der Waals surface area contributed by atoms with Crippen LogP contribution >= 0.6 is 11.3 Å². The number of nitrogens with zero attached hydrogens (tertiary/aromatic N) is 1. The number of carboxylic acids is 1. The second kappa shape index (κ2) is 8.09. The van der Waals surface area contributed by atoms with Crippen molar-refractivity contribution in [3.05, 3.63) is 76.5 Å². The van der Waals surface area contributed by atoms with Crippen LogP contribution in [0.2, 0.25) is 0 Å². The van der Waals surface area contributed by atoms with E-state index in [1.54, 1.807) is 19.1 Å². The molecule has 0 aliphatic carbocycles. The van der Waals surface area contributed by atoms with E-state index in [1.807, 2.05) is 30.3 Å². The normalized spacial score (nSPS) is 11.8. The summed E-state index contributed by atoms with van der Waals surface area (Å²) >= 11 is 1.15. The van der Waals surface area contributed by atoms with E-state index in [4.69, 9.17) is 0 Å². The zero-order valence-corrected chi connectivity index (χ0v) is 15.3. The minimum absolute atomic E-state index is 0.185.